The van der Waals surface area contributed by atoms with Gasteiger partial charge in [0.1, 0.15) is 5.82 Å². The van der Waals surface area contributed by atoms with Gasteiger partial charge in [-0.05, 0) is 36.1 Å². The van der Waals surface area contributed by atoms with Crippen molar-refractivity contribution in [3.05, 3.63) is 57.5 Å². The number of benzene rings is 1. The Morgan fingerprint density at radius 2 is 2.26 bits per heavy atom. The Bertz CT molecular complexity index is 572. The summed E-state index contributed by atoms with van der Waals surface area (Å²) in [5.41, 5.74) is 1.02. The van der Waals surface area contributed by atoms with Gasteiger partial charge in [-0.15, -0.1) is 11.3 Å². The molecule has 1 unspecified atom stereocenters. The highest BCUT2D eigenvalue weighted by atomic mass is 32.1. The predicted octanol–water partition coefficient (Wildman–Crippen LogP) is 4.00. The SMILES string of the molecule is CCC(NCc1cc(C#N)ccc1F)c1cccs1. The molecule has 0 aliphatic carbocycles. The van der Waals surface area contributed by atoms with E-state index in [2.05, 4.69) is 18.3 Å². The van der Waals surface area contributed by atoms with Crippen LogP contribution in [0.1, 0.15) is 35.4 Å². The molecule has 0 saturated carbocycles. The molecule has 1 N–H and O–H groups in total. The molecule has 4 heteroatoms. The molecule has 0 fully saturated rings. The molecule has 1 heterocycles. The Labute approximate surface area is 116 Å². The van der Waals surface area contributed by atoms with E-state index in [1.54, 1.807) is 17.4 Å². The molecule has 1 atom stereocenters. The standard InChI is InChI=1S/C15H15FN2S/c1-2-14(15-4-3-7-19-15)18-10-12-8-11(9-17)5-6-13(12)16/h3-8,14,18H,2,10H2,1H3. The van der Waals surface area contributed by atoms with E-state index in [-0.39, 0.29) is 11.9 Å². The second-order valence-corrected chi connectivity index (χ2v) is 5.25. The van der Waals surface area contributed by atoms with Crippen LogP contribution in [0.3, 0.4) is 0 Å². The topological polar surface area (TPSA) is 35.8 Å². The van der Waals surface area contributed by atoms with Crippen LogP contribution < -0.4 is 5.32 Å². The summed E-state index contributed by atoms with van der Waals surface area (Å²) in [5.74, 6) is -0.271. The van der Waals surface area contributed by atoms with Crippen molar-refractivity contribution in [2.24, 2.45) is 0 Å². The Morgan fingerprint density at radius 1 is 1.42 bits per heavy atom. The number of nitriles is 1. The molecule has 0 saturated heterocycles. The van der Waals surface area contributed by atoms with Crippen molar-refractivity contribution in [1.82, 2.24) is 5.32 Å². The van der Waals surface area contributed by atoms with Gasteiger partial charge in [-0.3, -0.25) is 0 Å². The van der Waals surface area contributed by atoms with Crippen LogP contribution in [0.25, 0.3) is 0 Å². The van der Waals surface area contributed by atoms with E-state index in [4.69, 9.17) is 5.26 Å². The number of nitrogens with zero attached hydrogens (tertiary/aromatic N) is 1. The molecule has 1 aromatic carbocycles. The Balaban J connectivity index is 2.07. The second-order valence-electron chi connectivity index (χ2n) is 4.28. The molecule has 0 radical (unpaired) electrons. The minimum atomic E-state index is -0.271. The van der Waals surface area contributed by atoms with Crippen LogP contribution in [0, 0.1) is 17.1 Å². The monoisotopic (exact) mass is 274 g/mol. The molecule has 19 heavy (non-hydrogen) atoms. The van der Waals surface area contributed by atoms with Gasteiger partial charge >= 0.3 is 0 Å². The van der Waals surface area contributed by atoms with Crippen molar-refractivity contribution in [2.45, 2.75) is 25.9 Å². The fourth-order valence-electron chi connectivity index (χ4n) is 1.95. The Hall–Kier alpha value is -1.70. The van der Waals surface area contributed by atoms with Crippen LogP contribution in [0.15, 0.2) is 35.7 Å². The minimum absolute atomic E-state index is 0.227. The summed E-state index contributed by atoms with van der Waals surface area (Å²) in [7, 11) is 0. The fraction of sp³-hybridized carbons (Fsp3) is 0.267. The van der Waals surface area contributed by atoms with Crippen LogP contribution >= 0.6 is 11.3 Å². The summed E-state index contributed by atoms with van der Waals surface area (Å²) in [6, 6.07) is 10.8. The fourth-order valence-corrected chi connectivity index (χ4v) is 2.83. The summed E-state index contributed by atoms with van der Waals surface area (Å²) in [4.78, 5) is 1.25. The van der Waals surface area contributed by atoms with Gasteiger partial charge in [0.05, 0.1) is 11.6 Å². The average molecular weight is 274 g/mol. The van der Waals surface area contributed by atoms with E-state index in [1.165, 1.54) is 17.0 Å². The molecule has 0 amide bonds. The van der Waals surface area contributed by atoms with Gasteiger partial charge in [0, 0.05) is 23.0 Å². The van der Waals surface area contributed by atoms with E-state index in [9.17, 15) is 4.39 Å². The highest BCUT2D eigenvalue weighted by molar-refractivity contribution is 7.10. The smallest absolute Gasteiger partial charge is 0.127 e. The first-order valence-electron chi connectivity index (χ1n) is 6.20. The normalized spacial score (nSPS) is 12.1. The van der Waals surface area contributed by atoms with Crippen LogP contribution in [0.5, 0.6) is 0 Å². The molecule has 1 aromatic heterocycles. The van der Waals surface area contributed by atoms with Crippen molar-refractivity contribution in [3.63, 3.8) is 0 Å². The van der Waals surface area contributed by atoms with Gasteiger partial charge < -0.3 is 5.32 Å². The van der Waals surface area contributed by atoms with E-state index in [0.717, 1.165) is 6.42 Å². The van der Waals surface area contributed by atoms with Crippen LogP contribution in [0.2, 0.25) is 0 Å². The van der Waals surface area contributed by atoms with E-state index >= 15 is 0 Å². The van der Waals surface area contributed by atoms with Crippen molar-refractivity contribution >= 4 is 11.3 Å². The third-order valence-electron chi connectivity index (χ3n) is 3.01. The molecule has 98 valence electrons. The zero-order valence-electron chi connectivity index (χ0n) is 10.7. The third-order valence-corrected chi connectivity index (χ3v) is 3.99. The summed E-state index contributed by atoms with van der Waals surface area (Å²) in [6.07, 6.45) is 0.945. The van der Waals surface area contributed by atoms with Crippen molar-refractivity contribution < 1.29 is 4.39 Å². The van der Waals surface area contributed by atoms with Crippen LogP contribution in [0.4, 0.5) is 4.39 Å². The lowest BCUT2D eigenvalue weighted by molar-refractivity contribution is 0.510. The first-order chi connectivity index (χ1) is 9.24. The molecular formula is C15H15FN2S. The summed E-state index contributed by atoms with van der Waals surface area (Å²) in [5, 5.41) is 14.2. The maximum absolute atomic E-state index is 13.7. The molecule has 2 aromatic rings. The molecule has 0 aliphatic heterocycles. The number of thiophene rings is 1. The van der Waals surface area contributed by atoms with Crippen molar-refractivity contribution in [3.8, 4) is 6.07 Å². The summed E-state index contributed by atoms with van der Waals surface area (Å²) < 4.78 is 13.7. The van der Waals surface area contributed by atoms with Crippen molar-refractivity contribution in [1.29, 1.82) is 5.26 Å². The van der Waals surface area contributed by atoms with Gasteiger partial charge in [0.25, 0.3) is 0 Å². The first-order valence-corrected chi connectivity index (χ1v) is 7.08. The quantitative estimate of drug-likeness (QED) is 0.894. The summed E-state index contributed by atoms with van der Waals surface area (Å²) >= 11 is 1.69. The molecular weight excluding hydrogens is 259 g/mol. The van der Waals surface area contributed by atoms with Gasteiger partial charge in [0.15, 0.2) is 0 Å². The van der Waals surface area contributed by atoms with E-state index in [1.807, 2.05) is 17.5 Å². The van der Waals surface area contributed by atoms with Gasteiger partial charge in [-0.1, -0.05) is 13.0 Å². The Morgan fingerprint density at radius 3 is 2.89 bits per heavy atom. The maximum Gasteiger partial charge on any atom is 0.127 e. The van der Waals surface area contributed by atoms with E-state index < -0.39 is 0 Å². The number of halogens is 1. The zero-order valence-corrected chi connectivity index (χ0v) is 11.5. The van der Waals surface area contributed by atoms with Gasteiger partial charge in [0.2, 0.25) is 0 Å². The van der Waals surface area contributed by atoms with E-state index in [0.29, 0.717) is 17.7 Å². The highest BCUT2D eigenvalue weighted by Gasteiger charge is 2.11. The van der Waals surface area contributed by atoms with Crippen molar-refractivity contribution in [2.75, 3.05) is 0 Å². The number of rotatable bonds is 5. The number of hydrogen-bond acceptors (Lipinski definition) is 3. The average Bonchev–Trinajstić information content (AvgIpc) is 2.95. The first kappa shape index (κ1) is 13.7. The van der Waals surface area contributed by atoms with Gasteiger partial charge in [-0.2, -0.15) is 5.26 Å². The highest BCUT2D eigenvalue weighted by Crippen LogP contribution is 2.22. The molecule has 0 aliphatic rings. The number of hydrogen-bond donors (Lipinski definition) is 1. The summed E-state index contributed by atoms with van der Waals surface area (Å²) in [6.45, 7) is 2.53. The maximum atomic E-state index is 13.7. The predicted molar refractivity (Wildman–Crippen MR) is 75.3 cm³/mol. The lowest BCUT2D eigenvalue weighted by atomic mass is 10.1. The minimum Gasteiger partial charge on any atom is -0.305 e. The lowest BCUT2D eigenvalue weighted by Gasteiger charge is -2.15. The largest absolute Gasteiger partial charge is 0.305 e. The van der Waals surface area contributed by atoms with Crippen LogP contribution in [-0.2, 0) is 6.54 Å². The molecule has 2 rings (SSSR count). The van der Waals surface area contributed by atoms with Gasteiger partial charge in [-0.25, -0.2) is 4.39 Å². The molecule has 0 bridgehead atoms. The van der Waals surface area contributed by atoms with Crippen LogP contribution in [-0.4, -0.2) is 0 Å². The zero-order chi connectivity index (χ0) is 13.7. The third kappa shape index (κ3) is 3.40. The number of nitrogens with one attached hydrogen (secondary N) is 1. The Kier molecular flexibility index (Phi) is 4.67. The molecule has 2 nitrogen and oxygen atoms in total. The second kappa shape index (κ2) is 6.46. The lowest BCUT2D eigenvalue weighted by Crippen LogP contribution is -2.20. The molecule has 0 spiro atoms.